The van der Waals surface area contributed by atoms with E-state index >= 15 is 0 Å². The summed E-state index contributed by atoms with van der Waals surface area (Å²) in [5.74, 6) is -2.56. The van der Waals surface area contributed by atoms with Crippen molar-refractivity contribution >= 4 is 29.1 Å². The maximum absolute atomic E-state index is 14.7. The number of hydrogen-bond acceptors (Lipinski definition) is 9. The first kappa shape index (κ1) is 26.7. The second-order valence-electron chi connectivity index (χ2n) is 9.37. The molecule has 39 heavy (non-hydrogen) atoms. The first-order valence-electron chi connectivity index (χ1n) is 12.4. The molecule has 0 radical (unpaired) electrons. The predicted molar refractivity (Wildman–Crippen MR) is 139 cm³/mol. The second kappa shape index (κ2) is 11.0. The number of aliphatic imine (C=N–C) groups is 1. The largest absolute Gasteiger partial charge is 0.469 e. The number of carbonyl (C=O) groups excluding carboxylic acids is 2. The van der Waals surface area contributed by atoms with E-state index in [9.17, 15) is 18.4 Å². The highest BCUT2D eigenvalue weighted by atomic mass is 32.1. The number of allylic oxidation sites excluding steroid dienone is 1. The molecule has 204 valence electrons. The van der Waals surface area contributed by atoms with Crippen molar-refractivity contribution in [1.29, 1.82) is 0 Å². The van der Waals surface area contributed by atoms with Crippen molar-refractivity contribution in [2.24, 2.45) is 10.9 Å². The summed E-state index contributed by atoms with van der Waals surface area (Å²) >= 11 is 1.37. The van der Waals surface area contributed by atoms with Crippen LogP contribution in [0.1, 0.15) is 46.3 Å². The maximum atomic E-state index is 14.7. The highest BCUT2D eigenvalue weighted by Gasteiger charge is 2.38. The van der Waals surface area contributed by atoms with Crippen molar-refractivity contribution in [1.82, 2.24) is 20.1 Å². The van der Waals surface area contributed by atoms with Crippen LogP contribution in [-0.4, -0.2) is 46.8 Å². The van der Waals surface area contributed by atoms with Gasteiger partial charge in [-0.25, -0.2) is 18.6 Å². The Labute approximate surface area is 227 Å². The minimum atomic E-state index is -0.982. The fraction of sp³-hybridized carbons (Fsp3) is 0.370. The van der Waals surface area contributed by atoms with Crippen LogP contribution in [0.2, 0.25) is 0 Å². The Hall–Kier alpha value is -3.93. The fourth-order valence-corrected chi connectivity index (χ4v) is 5.68. The number of benzene rings is 1. The van der Waals surface area contributed by atoms with Crippen molar-refractivity contribution in [3.8, 4) is 0 Å². The number of fused-ring (bicyclic) bond motifs is 1. The zero-order valence-corrected chi connectivity index (χ0v) is 22.5. The van der Waals surface area contributed by atoms with E-state index in [0.29, 0.717) is 47.9 Å². The number of methoxy groups -OCH3 is 2. The van der Waals surface area contributed by atoms with Crippen molar-refractivity contribution in [2.75, 3.05) is 14.2 Å². The van der Waals surface area contributed by atoms with E-state index in [1.807, 2.05) is 11.6 Å². The molecular formula is C27H27F2N5O4S. The zero-order valence-electron chi connectivity index (χ0n) is 21.7. The Morgan fingerprint density at radius 2 is 2.05 bits per heavy atom. The van der Waals surface area contributed by atoms with Crippen molar-refractivity contribution in [3.05, 3.63) is 80.2 Å². The van der Waals surface area contributed by atoms with E-state index in [1.165, 1.54) is 38.5 Å². The number of ether oxygens (including phenoxy) is 2. The number of carbonyl (C=O) groups is 2. The van der Waals surface area contributed by atoms with Crippen LogP contribution in [0.5, 0.6) is 0 Å². The topological polar surface area (TPSA) is 108 Å². The number of esters is 2. The van der Waals surface area contributed by atoms with E-state index in [1.54, 1.807) is 10.9 Å². The van der Waals surface area contributed by atoms with Gasteiger partial charge in [-0.1, -0.05) is 6.07 Å². The molecule has 2 aliphatic rings. The van der Waals surface area contributed by atoms with Gasteiger partial charge in [0.1, 0.15) is 6.04 Å². The van der Waals surface area contributed by atoms with Gasteiger partial charge in [0, 0.05) is 29.4 Å². The monoisotopic (exact) mass is 555 g/mol. The summed E-state index contributed by atoms with van der Waals surface area (Å²) in [4.78, 5) is 34.0. The molecule has 1 N–H and O–H groups in total. The first-order chi connectivity index (χ1) is 18.8. The Bertz CT molecular complexity index is 1480. The van der Waals surface area contributed by atoms with Crippen LogP contribution in [0.25, 0.3) is 0 Å². The lowest BCUT2D eigenvalue weighted by Crippen LogP contribution is -2.38. The minimum absolute atomic E-state index is 0.0719. The summed E-state index contributed by atoms with van der Waals surface area (Å²) in [7, 11) is 2.63. The molecule has 0 spiro atoms. The molecule has 3 aromatic rings. The lowest BCUT2D eigenvalue weighted by molar-refractivity contribution is -0.141. The molecule has 2 atom stereocenters. The molecule has 1 aromatic carbocycles. The molecule has 0 amide bonds. The zero-order chi connectivity index (χ0) is 27.7. The number of rotatable bonds is 7. The van der Waals surface area contributed by atoms with Crippen LogP contribution in [0.15, 0.2) is 46.2 Å². The Balaban J connectivity index is 1.56. The Morgan fingerprint density at radius 3 is 2.77 bits per heavy atom. The van der Waals surface area contributed by atoms with Gasteiger partial charge in [0.25, 0.3) is 0 Å². The van der Waals surface area contributed by atoms with Gasteiger partial charge in [-0.2, -0.15) is 5.10 Å². The highest BCUT2D eigenvalue weighted by Crippen LogP contribution is 2.40. The van der Waals surface area contributed by atoms with Crippen molar-refractivity contribution < 1.29 is 27.8 Å². The van der Waals surface area contributed by atoms with Crippen molar-refractivity contribution in [2.45, 2.75) is 45.2 Å². The average molecular weight is 556 g/mol. The number of aromatic nitrogens is 3. The van der Waals surface area contributed by atoms with Crippen molar-refractivity contribution in [3.63, 3.8) is 0 Å². The Morgan fingerprint density at radius 1 is 1.23 bits per heavy atom. The average Bonchev–Trinajstić information content (AvgIpc) is 3.63. The van der Waals surface area contributed by atoms with E-state index in [0.717, 1.165) is 17.3 Å². The molecule has 5 rings (SSSR count). The third kappa shape index (κ3) is 5.20. The standard InChI is InChI=1S/C27H27F2N5O4S/c1-14-17(5-6-18(28)22(14)29)24-21(27(36)38-3)23(31-25(32-24)26-30-9-11-39-26)15-4-7-19-16(12-15)13-34(33-19)10-8-20(35)37-2/h5-6,9,11,13,15,24H,4,7-8,10,12H2,1-3H3,(H,31,32). The molecule has 0 saturated carbocycles. The van der Waals surface area contributed by atoms with Gasteiger partial charge in [0.15, 0.2) is 22.5 Å². The van der Waals surface area contributed by atoms with Gasteiger partial charge in [0.2, 0.25) is 0 Å². The SMILES string of the molecule is COC(=O)CCn1cc2c(n1)CCC(C1=C(C(=O)OC)C(c3ccc(F)c(F)c3C)N=C(c3nccs3)N1)C2. The molecular weight excluding hydrogens is 528 g/mol. The smallest absolute Gasteiger partial charge is 0.338 e. The van der Waals surface area contributed by atoms with Gasteiger partial charge in [-0.15, -0.1) is 11.3 Å². The number of nitrogens with one attached hydrogen (secondary N) is 1. The van der Waals surface area contributed by atoms with Gasteiger partial charge in [0.05, 0.1) is 38.5 Å². The van der Waals surface area contributed by atoms with Crippen LogP contribution >= 0.6 is 11.3 Å². The summed E-state index contributed by atoms with van der Waals surface area (Å²) < 4.78 is 40.3. The van der Waals surface area contributed by atoms with Gasteiger partial charge >= 0.3 is 11.9 Å². The van der Waals surface area contributed by atoms with E-state index in [2.05, 4.69) is 15.4 Å². The van der Waals surface area contributed by atoms with E-state index in [-0.39, 0.29) is 29.4 Å². The Kier molecular flexibility index (Phi) is 7.56. The number of hydrogen-bond donors (Lipinski definition) is 1. The molecule has 9 nitrogen and oxygen atoms in total. The minimum Gasteiger partial charge on any atom is -0.469 e. The summed E-state index contributed by atoms with van der Waals surface area (Å²) in [6.45, 7) is 1.87. The predicted octanol–water partition coefficient (Wildman–Crippen LogP) is 3.81. The number of halogens is 2. The molecule has 2 aromatic heterocycles. The molecule has 3 heterocycles. The molecule has 1 aliphatic carbocycles. The summed E-state index contributed by atoms with van der Waals surface area (Å²) in [6, 6.07) is 1.58. The third-order valence-electron chi connectivity index (χ3n) is 7.09. The van der Waals surface area contributed by atoms with Gasteiger partial charge in [-0.05, 0) is 48.9 Å². The summed E-state index contributed by atoms with van der Waals surface area (Å²) in [5.41, 5.74) is 3.25. The van der Waals surface area contributed by atoms with E-state index < -0.39 is 23.6 Å². The van der Waals surface area contributed by atoms with Crippen LogP contribution in [0, 0.1) is 24.5 Å². The number of aryl methyl sites for hydroxylation is 2. The lowest BCUT2D eigenvalue weighted by Gasteiger charge is -2.33. The summed E-state index contributed by atoms with van der Waals surface area (Å²) in [6.07, 6.45) is 5.69. The highest BCUT2D eigenvalue weighted by molar-refractivity contribution is 7.11. The van der Waals surface area contributed by atoms with Gasteiger partial charge in [-0.3, -0.25) is 14.5 Å². The quantitative estimate of drug-likeness (QED) is 0.442. The number of thiazole rings is 1. The van der Waals surface area contributed by atoms with E-state index in [4.69, 9.17) is 14.5 Å². The second-order valence-corrected chi connectivity index (χ2v) is 10.3. The molecule has 1 aliphatic heterocycles. The third-order valence-corrected chi connectivity index (χ3v) is 7.87. The first-order valence-corrected chi connectivity index (χ1v) is 13.3. The van der Waals surface area contributed by atoms with Crippen LogP contribution in [0.4, 0.5) is 8.78 Å². The van der Waals surface area contributed by atoms with Crippen LogP contribution in [-0.2, 0) is 38.4 Å². The molecule has 2 unspecified atom stereocenters. The summed E-state index contributed by atoms with van der Waals surface area (Å²) in [5, 5.41) is 10.4. The molecule has 0 fully saturated rings. The number of nitrogens with zero attached hydrogens (tertiary/aromatic N) is 4. The lowest BCUT2D eigenvalue weighted by atomic mass is 9.81. The van der Waals surface area contributed by atoms with Crippen LogP contribution in [0.3, 0.4) is 0 Å². The normalized spacial score (nSPS) is 18.7. The molecule has 0 bridgehead atoms. The number of amidine groups is 1. The molecule has 0 saturated heterocycles. The fourth-order valence-electron chi connectivity index (χ4n) is 5.09. The van der Waals surface area contributed by atoms with Gasteiger partial charge < -0.3 is 14.8 Å². The molecule has 12 heteroatoms. The van der Waals surface area contributed by atoms with Crippen LogP contribution < -0.4 is 5.32 Å². The maximum Gasteiger partial charge on any atom is 0.338 e.